The van der Waals surface area contributed by atoms with Gasteiger partial charge in [0.05, 0.1) is 32.6 Å². The number of carbonyl (C=O) groups excluding carboxylic acids is 1. The second-order valence-corrected chi connectivity index (χ2v) is 7.80. The molecule has 0 saturated heterocycles. The second-order valence-electron chi connectivity index (χ2n) is 5.87. The summed E-state index contributed by atoms with van der Waals surface area (Å²) in [5, 5.41) is 2.81. The highest BCUT2D eigenvalue weighted by Crippen LogP contribution is 2.34. The lowest BCUT2D eigenvalue weighted by Crippen LogP contribution is -2.23. The maximum atomic E-state index is 12.6. The number of rotatable bonds is 9. The first kappa shape index (κ1) is 21.5. The van der Waals surface area contributed by atoms with Crippen LogP contribution >= 0.6 is 0 Å². The first-order valence-corrected chi connectivity index (χ1v) is 10.1. The number of hydrogen-bond donors (Lipinski definition) is 2. The monoisotopic (exact) mass is 408 g/mol. The standard InChI is InChI=1S/C19H24N2O6S/c1-20-28(23,24)12-14-7-5-13(6-8-14)11-21-19(22)15-9-17(26-3)18(27-4)10-16(15)25-2/h5-10,20H,11-12H2,1-4H3,(H,21,22). The molecule has 1 amide bonds. The van der Waals surface area contributed by atoms with E-state index in [9.17, 15) is 13.2 Å². The number of methoxy groups -OCH3 is 3. The average molecular weight is 408 g/mol. The molecule has 0 radical (unpaired) electrons. The lowest BCUT2D eigenvalue weighted by atomic mass is 10.1. The highest BCUT2D eigenvalue weighted by molar-refractivity contribution is 7.88. The van der Waals surface area contributed by atoms with E-state index in [4.69, 9.17) is 14.2 Å². The number of nitrogens with one attached hydrogen (secondary N) is 2. The lowest BCUT2D eigenvalue weighted by Gasteiger charge is -2.14. The SMILES string of the molecule is CNS(=O)(=O)Cc1ccc(CNC(=O)c2cc(OC)c(OC)cc2OC)cc1. The van der Waals surface area contributed by atoms with Gasteiger partial charge in [0.25, 0.3) is 5.91 Å². The fourth-order valence-electron chi connectivity index (χ4n) is 2.53. The summed E-state index contributed by atoms with van der Waals surface area (Å²) in [5.41, 5.74) is 1.81. The third-order valence-electron chi connectivity index (χ3n) is 4.09. The van der Waals surface area contributed by atoms with Crippen molar-refractivity contribution < 1.29 is 27.4 Å². The van der Waals surface area contributed by atoms with E-state index in [1.807, 2.05) is 0 Å². The molecule has 2 aromatic carbocycles. The van der Waals surface area contributed by atoms with Crippen molar-refractivity contribution in [3.63, 3.8) is 0 Å². The molecule has 152 valence electrons. The number of amides is 1. The molecule has 9 heteroatoms. The van der Waals surface area contributed by atoms with Crippen molar-refractivity contribution in [1.29, 1.82) is 0 Å². The third-order valence-corrected chi connectivity index (χ3v) is 5.43. The molecule has 0 aliphatic carbocycles. The van der Waals surface area contributed by atoms with Crippen molar-refractivity contribution in [2.45, 2.75) is 12.3 Å². The van der Waals surface area contributed by atoms with E-state index in [0.29, 0.717) is 28.4 Å². The Kier molecular flexibility index (Phi) is 7.24. The van der Waals surface area contributed by atoms with Crippen molar-refractivity contribution in [1.82, 2.24) is 10.0 Å². The Bertz CT molecular complexity index is 926. The van der Waals surface area contributed by atoms with Crippen LogP contribution in [-0.4, -0.2) is 42.7 Å². The topological polar surface area (TPSA) is 103 Å². The number of sulfonamides is 1. The summed E-state index contributed by atoms with van der Waals surface area (Å²) in [6.45, 7) is 0.273. The van der Waals surface area contributed by atoms with Gasteiger partial charge < -0.3 is 19.5 Å². The van der Waals surface area contributed by atoms with Crippen LogP contribution in [0.2, 0.25) is 0 Å². The van der Waals surface area contributed by atoms with E-state index in [0.717, 1.165) is 5.56 Å². The van der Waals surface area contributed by atoms with Crippen LogP contribution in [0.5, 0.6) is 17.2 Å². The average Bonchev–Trinajstić information content (AvgIpc) is 2.71. The highest BCUT2D eigenvalue weighted by atomic mass is 32.2. The van der Waals surface area contributed by atoms with Crippen LogP contribution in [0.15, 0.2) is 36.4 Å². The van der Waals surface area contributed by atoms with Crippen molar-refractivity contribution in [2.24, 2.45) is 0 Å². The normalized spacial score (nSPS) is 11.0. The molecule has 0 heterocycles. The second kappa shape index (κ2) is 9.43. The Labute approximate surface area is 164 Å². The van der Waals surface area contributed by atoms with Gasteiger partial charge >= 0.3 is 0 Å². The van der Waals surface area contributed by atoms with E-state index in [-0.39, 0.29) is 18.2 Å². The molecule has 0 unspecified atom stereocenters. The minimum Gasteiger partial charge on any atom is -0.496 e. The molecule has 0 atom stereocenters. The molecule has 0 bridgehead atoms. The minimum atomic E-state index is -3.32. The van der Waals surface area contributed by atoms with Crippen LogP contribution in [0.3, 0.4) is 0 Å². The van der Waals surface area contributed by atoms with Crippen molar-refractivity contribution in [3.05, 3.63) is 53.1 Å². The zero-order valence-electron chi connectivity index (χ0n) is 16.2. The molecule has 0 saturated carbocycles. The molecule has 2 rings (SSSR count). The molecule has 0 fully saturated rings. The Hall–Kier alpha value is -2.78. The molecule has 28 heavy (non-hydrogen) atoms. The largest absolute Gasteiger partial charge is 0.496 e. The maximum Gasteiger partial charge on any atom is 0.255 e. The molecule has 2 N–H and O–H groups in total. The number of carbonyl (C=O) groups is 1. The molecule has 8 nitrogen and oxygen atoms in total. The van der Waals surface area contributed by atoms with E-state index < -0.39 is 10.0 Å². The molecule has 0 aliphatic rings. The molecular formula is C19H24N2O6S. The quantitative estimate of drug-likeness (QED) is 0.655. The zero-order chi connectivity index (χ0) is 20.7. The molecule has 0 spiro atoms. The third kappa shape index (κ3) is 5.37. The zero-order valence-corrected chi connectivity index (χ0v) is 17.1. The summed E-state index contributed by atoms with van der Waals surface area (Å²) in [6.07, 6.45) is 0. The number of hydrogen-bond acceptors (Lipinski definition) is 6. The molecule has 0 aromatic heterocycles. The van der Waals surface area contributed by atoms with Gasteiger partial charge in [-0.3, -0.25) is 4.79 Å². The summed E-state index contributed by atoms with van der Waals surface area (Å²) >= 11 is 0. The fraction of sp³-hybridized carbons (Fsp3) is 0.316. The molecule has 2 aromatic rings. The van der Waals surface area contributed by atoms with Gasteiger partial charge in [-0.1, -0.05) is 24.3 Å². The van der Waals surface area contributed by atoms with E-state index in [1.165, 1.54) is 28.4 Å². The fourth-order valence-corrected chi connectivity index (χ4v) is 3.30. The smallest absolute Gasteiger partial charge is 0.255 e. The van der Waals surface area contributed by atoms with Gasteiger partial charge in [-0.25, -0.2) is 13.1 Å². The van der Waals surface area contributed by atoms with Crippen LogP contribution in [0.4, 0.5) is 0 Å². The molecular weight excluding hydrogens is 384 g/mol. The van der Waals surface area contributed by atoms with Crippen LogP contribution < -0.4 is 24.2 Å². The predicted molar refractivity (Wildman–Crippen MR) is 105 cm³/mol. The van der Waals surface area contributed by atoms with Crippen LogP contribution in [0.25, 0.3) is 0 Å². The van der Waals surface area contributed by atoms with Gasteiger partial charge in [0.1, 0.15) is 5.75 Å². The first-order chi connectivity index (χ1) is 13.3. The predicted octanol–water partition coefficient (Wildman–Crippen LogP) is 1.69. The molecule has 0 aliphatic heterocycles. The lowest BCUT2D eigenvalue weighted by molar-refractivity contribution is 0.0947. The van der Waals surface area contributed by atoms with Gasteiger partial charge in [0.2, 0.25) is 10.0 Å². The maximum absolute atomic E-state index is 12.6. The summed E-state index contributed by atoms with van der Waals surface area (Å²) in [6, 6.07) is 10.1. The van der Waals surface area contributed by atoms with Crippen molar-refractivity contribution in [3.8, 4) is 17.2 Å². The summed E-state index contributed by atoms with van der Waals surface area (Å²) < 4.78 is 41.2. The van der Waals surface area contributed by atoms with Crippen LogP contribution in [-0.2, 0) is 22.3 Å². The van der Waals surface area contributed by atoms with Crippen LogP contribution in [0.1, 0.15) is 21.5 Å². The van der Waals surface area contributed by atoms with Gasteiger partial charge in [0.15, 0.2) is 11.5 Å². The summed E-state index contributed by atoms with van der Waals surface area (Å²) in [7, 11) is 2.51. The first-order valence-electron chi connectivity index (χ1n) is 8.40. The van der Waals surface area contributed by atoms with Gasteiger partial charge in [-0.05, 0) is 18.2 Å². The minimum absolute atomic E-state index is 0.0982. The van der Waals surface area contributed by atoms with Crippen LogP contribution in [0, 0.1) is 0 Å². The highest BCUT2D eigenvalue weighted by Gasteiger charge is 2.17. The Balaban J connectivity index is 2.10. The van der Waals surface area contributed by atoms with Gasteiger partial charge in [-0.2, -0.15) is 0 Å². The summed E-state index contributed by atoms with van der Waals surface area (Å²) in [5.74, 6) is 0.813. The number of ether oxygens (including phenoxy) is 3. The Morgan fingerprint density at radius 1 is 0.893 bits per heavy atom. The van der Waals surface area contributed by atoms with E-state index >= 15 is 0 Å². The number of benzene rings is 2. The van der Waals surface area contributed by atoms with E-state index in [2.05, 4.69) is 10.0 Å². The van der Waals surface area contributed by atoms with E-state index in [1.54, 1.807) is 36.4 Å². The summed E-state index contributed by atoms with van der Waals surface area (Å²) in [4.78, 5) is 12.6. The van der Waals surface area contributed by atoms with Crippen molar-refractivity contribution in [2.75, 3.05) is 28.4 Å². The Morgan fingerprint density at radius 3 is 1.96 bits per heavy atom. The van der Waals surface area contributed by atoms with Gasteiger partial charge in [-0.15, -0.1) is 0 Å². The van der Waals surface area contributed by atoms with Gasteiger partial charge in [0, 0.05) is 18.7 Å². The van der Waals surface area contributed by atoms with Crippen molar-refractivity contribution >= 4 is 15.9 Å². The Morgan fingerprint density at radius 2 is 1.43 bits per heavy atom.